The Labute approximate surface area is 163 Å². The number of likely N-dealkylation sites (tertiary alicyclic amines) is 1. The van der Waals surface area contributed by atoms with Crippen LogP contribution >= 0.6 is 0 Å². The first-order valence-corrected chi connectivity index (χ1v) is 10.2. The summed E-state index contributed by atoms with van der Waals surface area (Å²) in [7, 11) is 1.39. The van der Waals surface area contributed by atoms with E-state index >= 15 is 0 Å². The third-order valence-electron chi connectivity index (χ3n) is 6.13. The van der Waals surface area contributed by atoms with Crippen LogP contribution in [0.4, 0.5) is 0 Å². The number of methoxy groups -OCH3 is 1. The minimum Gasteiger partial charge on any atom is -0.468 e. The third kappa shape index (κ3) is 5.79. The second-order valence-corrected chi connectivity index (χ2v) is 8.60. The fourth-order valence-electron chi connectivity index (χ4n) is 4.54. The Hall–Kier alpha value is -1.40. The van der Waals surface area contributed by atoms with Crippen molar-refractivity contribution < 1.29 is 19.1 Å². The van der Waals surface area contributed by atoms with Crippen molar-refractivity contribution in [3.63, 3.8) is 0 Å². The summed E-state index contributed by atoms with van der Waals surface area (Å²) in [5, 5.41) is 3.52. The van der Waals surface area contributed by atoms with Gasteiger partial charge in [-0.2, -0.15) is 0 Å². The molecule has 0 unspecified atom stereocenters. The first-order valence-electron chi connectivity index (χ1n) is 10.2. The van der Waals surface area contributed by atoms with E-state index in [-0.39, 0.29) is 42.1 Å². The van der Waals surface area contributed by atoms with Gasteiger partial charge in [-0.15, -0.1) is 6.58 Å². The Kier molecular flexibility index (Phi) is 7.86. The van der Waals surface area contributed by atoms with Gasteiger partial charge in [0.05, 0.1) is 13.7 Å². The van der Waals surface area contributed by atoms with Crippen LogP contribution in [0.15, 0.2) is 12.7 Å². The molecule has 0 spiro atoms. The van der Waals surface area contributed by atoms with Crippen LogP contribution in [0.25, 0.3) is 0 Å². The number of carbonyl (C=O) groups is 2. The van der Waals surface area contributed by atoms with E-state index < -0.39 is 0 Å². The molecule has 154 valence electrons. The summed E-state index contributed by atoms with van der Waals surface area (Å²) in [6, 6.07) is -0.325. The molecule has 0 amide bonds. The van der Waals surface area contributed by atoms with Crippen molar-refractivity contribution in [1.82, 2.24) is 10.2 Å². The van der Waals surface area contributed by atoms with Gasteiger partial charge < -0.3 is 14.8 Å². The van der Waals surface area contributed by atoms with Crippen molar-refractivity contribution in [3.8, 4) is 0 Å². The number of hydrogen-bond donors (Lipinski definition) is 1. The highest BCUT2D eigenvalue weighted by atomic mass is 16.5. The summed E-state index contributed by atoms with van der Waals surface area (Å²) in [5.74, 6) is 0.296. The SMILES string of the molecule is C=CCNC(C)(C)[C@@H]1CC[C@@H](C)C[C@H]1OC(=O)CN1CCC[C@H]1C(=O)OC. The Morgan fingerprint density at radius 3 is 2.70 bits per heavy atom. The molecule has 1 saturated heterocycles. The summed E-state index contributed by atoms with van der Waals surface area (Å²) in [6.07, 6.45) is 6.45. The molecule has 1 heterocycles. The maximum atomic E-state index is 12.7. The topological polar surface area (TPSA) is 67.9 Å². The van der Waals surface area contributed by atoms with Crippen molar-refractivity contribution in [1.29, 1.82) is 0 Å². The molecule has 0 aromatic carbocycles. The maximum Gasteiger partial charge on any atom is 0.323 e. The van der Waals surface area contributed by atoms with Crippen LogP contribution in [0.3, 0.4) is 0 Å². The number of hydrogen-bond acceptors (Lipinski definition) is 6. The van der Waals surface area contributed by atoms with Gasteiger partial charge in [0.25, 0.3) is 0 Å². The first-order chi connectivity index (χ1) is 12.8. The van der Waals surface area contributed by atoms with Crippen LogP contribution < -0.4 is 5.32 Å². The molecule has 0 aromatic rings. The first kappa shape index (κ1) is 21.9. The minimum atomic E-state index is -0.325. The van der Waals surface area contributed by atoms with Gasteiger partial charge in [0.15, 0.2) is 0 Å². The minimum absolute atomic E-state index is 0.104. The number of esters is 2. The van der Waals surface area contributed by atoms with E-state index in [1.807, 2.05) is 11.0 Å². The monoisotopic (exact) mass is 380 g/mol. The lowest BCUT2D eigenvalue weighted by Gasteiger charge is -2.44. The fraction of sp³-hybridized carbons (Fsp3) is 0.810. The van der Waals surface area contributed by atoms with Gasteiger partial charge >= 0.3 is 11.9 Å². The third-order valence-corrected chi connectivity index (χ3v) is 6.13. The van der Waals surface area contributed by atoms with Crippen LogP contribution in [-0.2, 0) is 19.1 Å². The Bertz CT molecular complexity index is 534. The van der Waals surface area contributed by atoms with Crippen molar-refractivity contribution in [2.45, 2.75) is 70.6 Å². The van der Waals surface area contributed by atoms with Gasteiger partial charge in [0.2, 0.25) is 0 Å². The lowest BCUT2D eigenvalue weighted by molar-refractivity contribution is -0.159. The number of ether oxygens (including phenoxy) is 2. The molecule has 0 aromatic heterocycles. The Balaban J connectivity index is 1.99. The molecule has 0 radical (unpaired) electrons. The van der Waals surface area contributed by atoms with Crippen molar-refractivity contribution in [3.05, 3.63) is 12.7 Å². The highest BCUT2D eigenvalue weighted by Gasteiger charge is 2.41. The average molecular weight is 381 g/mol. The molecule has 1 aliphatic heterocycles. The summed E-state index contributed by atoms with van der Waals surface area (Å²) in [6.45, 7) is 12.0. The second kappa shape index (κ2) is 9.69. The van der Waals surface area contributed by atoms with Gasteiger partial charge in [-0.1, -0.05) is 19.4 Å². The van der Waals surface area contributed by atoms with Gasteiger partial charge in [0.1, 0.15) is 12.1 Å². The largest absolute Gasteiger partial charge is 0.468 e. The zero-order valence-corrected chi connectivity index (χ0v) is 17.3. The van der Waals surface area contributed by atoms with Crippen LogP contribution in [0.5, 0.6) is 0 Å². The predicted molar refractivity (Wildman–Crippen MR) is 105 cm³/mol. The Morgan fingerprint density at radius 2 is 2.04 bits per heavy atom. The van der Waals surface area contributed by atoms with Crippen molar-refractivity contribution in [2.75, 3.05) is 26.7 Å². The zero-order chi connectivity index (χ0) is 20.0. The van der Waals surface area contributed by atoms with E-state index in [1.165, 1.54) is 7.11 Å². The number of carbonyl (C=O) groups excluding carboxylic acids is 2. The molecule has 1 N–H and O–H groups in total. The molecule has 2 aliphatic rings. The Morgan fingerprint density at radius 1 is 1.30 bits per heavy atom. The molecular weight excluding hydrogens is 344 g/mol. The van der Waals surface area contributed by atoms with Gasteiger partial charge in [-0.3, -0.25) is 14.5 Å². The van der Waals surface area contributed by atoms with Crippen LogP contribution in [0.2, 0.25) is 0 Å². The lowest BCUT2D eigenvalue weighted by Crippen LogP contribution is -2.53. The highest BCUT2D eigenvalue weighted by molar-refractivity contribution is 5.78. The molecule has 27 heavy (non-hydrogen) atoms. The molecule has 0 bridgehead atoms. The summed E-state index contributed by atoms with van der Waals surface area (Å²) < 4.78 is 10.8. The molecule has 6 heteroatoms. The lowest BCUT2D eigenvalue weighted by atomic mass is 9.71. The molecule has 1 saturated carbocycles. The average Bonchev–Trinajstić information content (AvgIpc) is 3.07. The van der Waals surface area contributed by atoms with Gasteiger partial charge in [0, 0.05) is 18.0 Å². The molecule has 4 atom stereocenters. The van der Waals surface area contributed by atoms with Crippen LogP contribution in [0, 0.1) is 11.8 Å². The molecule has 1 aliphatic carbocycles. The fourth-order valence-corrected chi connectivity index (χ4v) is 4.54. The van der Waals surface area contributed by atoms with E-state index in [2.05, 4.69) is 32.7 Å². The van der Waals surface area contributed by atoms with E-state index in [0.29, 0.717) is 5.92 Å². The van der Waals surface area contributed by atoms with E-state index in [1.54, 1.807) is 0 Å². The maximum absolute atomic E-state index is 12.7. The zero-order valence-electron chi connectivity index (χ0n) is 17.3. The molecule has 2 fully saturated rings. The normalized spacial score (nSPS) is 29.3. The predicted octanol–water partition coefficient (Wildman–Crippen LogP) is 2.53. The van der Waals surface area contributed by atoms with Gasteiger partial charge in [-0.05, 0) is 52.0 Å². The van der Waals surface area contributed by atoms with E-state index in [0.717, 1.165) is 45.2 Å². The van der Waals surface area contributed by atoms with Crippen molar-refractivity contribution >= 4 is 11.9 Å². The molecule has 6 nitrogen and oxygen atoms in total. The molecule has 2 rings (SSSR count). The molecular formula is C21H36N2O4. The standard InChI is InChI=1S/C21H36N2O4/c1-6-11-22-21(3,4)16-10-9-15(2)13-18(16)27-19(24)14-23-12-7-8-17(23)20(25)26-5/h6,15-18,22H,1,7-14H2,2-5H3/t15-,16-,17+,18-/m1/s1. The van der Waals surface area contributed by atoms with Crippen LogP contribution in [0.1, 0.15) is 52.9 Å². The number of nitrogens with zero attached hydrogens (tertiary/aromatic N) is 1. The quantitative estimate of drug-likeness (QED) is 0.516. The summed E-state index contributed by atoms with van der Waals surface area (Å²) in [5.41, 5.74) is -0.137. The second-order valence-electron chi connectivity index (χ2n) is 8.60. The summed E-state index contributed by atoms with van der Waals surface area (Å²) in [4.78, 5) is 26.4. The number of nitrogens with one attached hydrogen (secondary N) is 1. The smallest absolute Gasteiger partial charge is 0.323 e. The van der Waals surface area contributed by atoms with Crippen molar-refractivity contribution in [2.24, 2.45) is 11.8 Å². The van der Waals surface area contributed by atoms with E-state index in [9.17, 15) is 9.59 Å². The number of rotatable bonds is 8. The van der Waals surface area contributed by atoms with Crippen LogP contribution in [-0.4, -0.2) is 61.3 Å². The van der Waals surface area contributed by atoms with E-state index in [4.69, 9.17) is 9.47 Å². The van der Waals surface area contributed by atoms with Gasteiger partial charge in [-0.25, -0.2) is 0 Å². The highest BCUT2D eigenvalue weighted by Crippen LogP contribution is 2.37. The summed E-state index contributed by atoms with van der Waals surface area (Å²) >= 11 is 0.